The van der Waals surface area contributed by atoms with Gasteiger partial charge in [0.2, 0.25) is 0 Å². The SMILES string of the molecule is CN(C)CC(F)(F)c1cccc(C(=O)O)c1. The Morgan fingerprint density at radius 1 is 1.44 bits per heavy atom. The van der Waals surface area contributed by atoms with E-state index in [1.165, 1.54) is 37.2 Å². The molecule has 0 unspecified atom stereocenters. The van der Waals surface area contributed by atoms with Gasteiger partial charge in [0, 0.05) is 5.56 Å². The molecular formula is C11H13F2NO2. The lowest BCUT2D eigenvalue weighted by atomic mass is 10.0. The van der Waals surface area contributed by atoms with E-state index in [-0.39, 0.29) is 11.1 Å². The number of hydrogen-bond donors (Lipinski definition) is 1. The van der Waals surface area contributed by atoms with Crippen LogP contribution in [0, 0.1) is 0 Å². The molecule has 0 aliphatic carbocycles. The van der Waals surface area contributed by atoms with E-state index in [1.807, 2.05) is 0 Å². The Hall–Kier alpha value is -1.49. The fourth-order valence-corrected chi connectivity index (χ4v) is 1.37. The largest absolute Gasteiger partial charge is 0.478 e. The highest BCUT2D eigenvalue weighted by Gasteiger charge is 2.32. The number of carboxylic acid groups (broad SMARTS) is 1. The van der Waals surface area contributed by atoms with Crippen molar-refractivity contribution < 1.29 is 18.7 Å². The van der Waals surface area contributed by atoms with E-state index in [0.29, 0.717) is 0 Å². The van der Waals surface area contributed by atoms with E-state index < -0.39 is 18.4 Å². The molecule has 0 atom stereocenters. The highest BCUT2D eigenvalue weighted by atomic mass is 19.3. The molecule has 0 aliphatic rings. The summed E-state index contributed by atoms with van der Waals surface area (Å²) in [5, 5.41) is 8.70. The molecule has 3 nitrogen and oxygen atoms in total. The van der Waals surface area contributed by atoms with E-state index in [2.05, 4.69) is 0 Å². The van der Waals surface area contributed by atoms with Crippen LogP contribution in [0.1, 0.15) is 15.9 Å². The van der Waals surface area contributed by atoms with Crippen molar-refractivity contribution in [1.29, 1.82) is 0 Å². The molecule has 0 amide bonds. The molecule has 88 valence electrons. The minimum atomic E-state index is -3.05. The Morgan fingerprint density at radius 3 is 2.56 bits per heavy atom. The molecule has 0 heterocycles. The second kappa shape index (κ2) is 4.57. The van der Waals surface area contributed by atoms with Gasteiger partial charge in [0.15, 0.2) is 0 Å². The molecule has 1 rings (SSSR count). The molecular weight excluding hydrogens is 216 g/mol. The Bertz CT molecular complexity index is 391. The van der Waals surface area contributed by atoms with Crippen molar-refractivity contribution in [1.82, 2.24) is 4.90 Å². The quantitative estimate of drug-likeness (QED) is 0.858. The van der Waals surface area contributed by atoms with Crippen LogP contribution in [-0.2, 0) is 5.92 Å². The molecule has 0 spiro atoms. The summed E-state index contributed by atoms with van der Waals surface area (Å²) in [4.78, 5) is 12.0. The summed E-state index contributed by atoms with van der Waals surface area (Å²) in [5.74, 6) is -4.25. The van der Waals surface area contributed by atoms with Crippen molar-refractivity contribution in [2.45, 2.75) is 5.92 Å². The molecule has 1 N–H and O–H groups in total. The minimum absolute atomic E-state index is 0.129. The third-order valence-electron chi connectivity index (χ3n) is 2.05. The number of likely N-dealkylation sites (N-methyl/N-ethyl adjacent to an activating group) is 1. The lowest BCUT2D eigenvalue weighted by molar-refractivity contribution is -0.0270. The van der Waals surface area contributed by atoms with E-state index in [1.54, 1.807) is 0 Å². The first-order valence-corrected chi connectivity index (χ1v) is 4.69. The Labute approximate surface area is 92.3 Å². The zero-order chi connectivity index (χ0) is 12.3. The van der Waals surface area contributed by atoms with Crippen LogP contribution in [0.3, 0.4) is 0 Å². The van der Waals surface area contributed by atoms with Crippen LogP contribution in [0.4, 0.5) is 8.78 Å². The molecule has 0 bridgehead atoms. The number of hydrogen-bond acceptors (Lipinski definition) is 2. The number of alkyl halides is 2. The van der Waals surface area contributed by atoms with Gasteiger partial charge < -0.3 is 10.0 Å². The third kappa shape index (κ3) is 3.00. The number of carboxylic acids is 1. The number of rotatable bonds is 4. The highest BCUT2D eigenvalue weighted by molar-refractivity contribution is 5.87. The Balaban J connectivity index is 3.03. The first-order valence-electron chi connectivity index (χ1n) is 4.69. The van der Waals surface area contributed by atoms with Crippen molar-refractivity contribution in [2.75, 3.05) is 20.6 Å². The molecule has 1 aromatic rings. The van der Waals surface area contributed by atoms with Gasteiger partial charge in [-0.1, -0.05) is 12.1 Å². The predicted octanol–water partition coefficient (Wildman–Crippen LogP) is 2.04. The molecule has 1 aromatic carbocycles. The van der Waals surface area contributed by atoms with Crippen LogP contribution in [0.5, 0.6) is 0 Å². The summed E-state index contributed by atoms with van der Waals surface area (Å²) < 4.78 is 27.2. The van der Waals surface area contributed by atoms with Gasteiger partial charge in [-0.3, -0.25) is 0 Å². The standard InChI is InChI=1S/C11H13F2NO2/c1-14(2)7-11(12,13)9-5-3-4-8(6-9)10(15)16/h3-6H,7H2,1-2H3,(H,15,16). The van der Waals surface area contributed by atoms with E-state index >= 15 is 0 Å². The van der Waals surface area contributed by atoms with Crippen molar-refractivity contribution in [3.63, 3.8) is 0 Å². The molecule has 0 radical (unpaired) electrons. The topological polar surface area (TPSA) is 40.5 Å². The maximum Gasteiger partial charge on any atom is 0.335 e. The van der Waals surface area contributed by atoms with Crippen LogP contribution < -0.4 is 0 Å². The van der Waals surface area contributed by atoms with Gasteiger partial charge in [-0.25, -0.2) is 4.79 Å². The van der Waals surface area contributed by atoms with Gasteiger partial charge in [-0.2, -0.15) is 8.78 Å². The van der Waals surface area contributed by atoms with Crippen molar-refractivity contribution in [2.24, 2.45) is 0 Å². The monoisotopic (exact) mass is 229 g/mol. The number of benzene rings is 1. The van der Waals surface area contributed by atoms with Gasteiger partial charge >= 0.3 is 5.97 Å². The molecule has 16 heavy (non-hydrogen) atoms. The predicted molar refractivity (Wildman–Crippen MR) is 55.8 cm³/mol. The summed E-state index contributed by atoms with van der Waals surface area (Å²) in [5.41, 5.74) is -0.406. The average Bonchev–Trinajstić information content (AvgIpc) is 2.16. The normalized spacial score (nSPS) is 11.8. The van der Waals surface area contributed by atoms with Gasteiger partial charge in [0.1, 0.15) is 0 Å². The molecule has 0 saturated carbocycles. The summed E-state index contributed by atoms with van der Waals surface area (Å²) in [6, 6.07) is 4.85. The fourth-order valence-electron chi connectivity index (χ4n) is 1.37. The van der Waals surface area contributed by atoms with Gasteiger partial charge in [0.05, 0.1) is 12.1 Å². The zero-order valence-corrected chi connectivity index (χ0v) is 9.08. The smallest absolute Gasteiger partial charge is 0.335 e. The number of aromatic carboxylic acids is 1. The Kier molecular flexibility index (Phi) is 3.59. The van der Waals surface area contributed by atoms with Crippen molar-refractivity contribution >= 4 is 5.97 Å². The number of nitrogens with zero attached hydrogens (tertiary/aromatic N) is 1. The van der Waals surface area contributed by atoms with Gasteiger partial charge in [-0.05, 0) is 26.2 Å². The summed E-state index contributed by atoms with van der Waals surface area (Å²) in [6.45, 7) is -0.448. The highest BCUT2D eigenvalue weighted by Crippen LogP contribution is 2.28. The third-order valence-corrected chi connectivity index (χ3v) is 2.05. The van der Waals surface area contributed by atoms with Crippen LogP contribution >= 0.6 is 0 Å². The Morgan fingerprint density at radius 2 is 2.06 bits per heavy atom. The lowest BCUT2D eigenvalue weighted by Crippen LogP contribution is -2.30. The fraction of sp³-hybridized carbons (Fsp3) is 0.364. The van der Waals surface area contributed by atoms with Gasteiger partial charge in [0.25, 0.3) is 5.92 Å². The number of carbonyl (C=O) groups is 1. The molecule has 0 fully saturated rings. The summed E-state index contributed by atoms with van der Waals surface area (Å²) in [7, 11) is 3.07. The van der Waals surface area contributed by atoms with Crippen LogP contribution in [0.2, 0.25) is 0 Å². The van der Waals surface area contributed by atoms with Crippen molar-refractivity contribution in [3.8, 4) is 0 Å². The zero-order valence-electron chi connectivity index (χ0n) is 9.08. The molecule has 0 aliphatic heterocycles. The van der Waals surface area contributed by atoms with E-state index in [9.17, 15) is 13.6 Å². The second-order valence-corrected chi connectivity index (χ2v) is 3.83. The molecule has 5 heteroatoms. The first-order chi connectivity index (χ1) is 7.33. The van der Waals surface area contributed by atoms with Crippen LogP contribution in [-0.4, -0.2) is 36.6 Å². The summed E-state index contributed by atoms with van der Waals surface area (Å²) in [6.07, 6.45) is 0. The first kappa shape index (κ1) is 12.6. The van der Waals surface area contributed by atoms with Crippen LogP contribution in [0.25, 0.3) is 0 Å². The molecule has 0 aromatic heterocycles. The van der Waals surface area contributed by atoms with Crippen molar-refractivity contribution in [3.05, 3.63) is 35.4 Å². The maximum absolute atomic E-state index is 13.6. The number of halogens is 2. The molecule has 0 saturated heterocycles. The van der Waals surface area contributed by atoms with Crippen LogP contribution in [0.15, 0.2) is 24.3 Å². The average molecular weight is 229 g/mol. The maximum atomic E-state index is 13.6. The second-order valence-electron chi connectivity index (χ2n) is 3.83. The minimum Gasteiger partial charge on any atom is -0.478 e. The summed E-state index contributed by atoms with van der Waals surface area (Å²) >= 11 is 0. The lowest BCUT2D eigenvalue weighted by Gasteiger charge is -2.21. The van der Waals surface area contributed by atoms with Gasteiger partial charge in [-0.15, -0.1) is 0 Å². The van der Waals surface area contributed by atoms with E-state index in [0.717, 1.165) is 6.07 Å². The van der Waals surface area contributed by atoms with E-state index in [4.69, 9.17) is 5.11 Å².